The molecule has 9 aromatic carbocycles. The molecule has 0 saturated carbocycles. The predicted octanol–water partition coefficient (Wildman–Crippen LogP) is 14.7. The van der Waals surface area contributed by atoms with Gasteiger partial charge in [-0.1, -0.05) is 146 Å². The maximum absolute atomic E-state index is 2.46. The molecule has 0 amide bonds. The first-order valence-electron chi connectivity index (χ1n) is 19.6. The third-order valence-electron chi connectivity index (χ3n) is 11.8. The molecular weight excluding hydrogens is 691 g/mol. The van der Waals surface area contributed by atoms with E-state index < -0.39 is 0 Å². The Morgan fingerprint density at radius 2 is 0.754 bits per heavy atom. The van der Waals surface area contributed by atoms with Gasteiger partial charge in [-0.2, -0.15) is 0 Å². The summed E-state index contributed by atoms with van der Waals surface area (Å²) in [5.74, 6) is 0. The van der Waals surface area contributed by atoms with E-state index in [-0.39, 0.29) is 0 Å². The fourth-order valence-electron chi connectivity index (χ4n) is 9.25. The van der Waals surface area contributed by atoms with Crippen LogP contribution in [0.3, 0.4) is 0 Å². The van der Waals surface area contributed by atoms with Gasteiger partial charge >= 0.3 is 0 Å². The van der Waals surface area contributed by atoms with Gasteiger partial charge < -0.3 is 13.9 Å². The van der Waals surface area contributed by atoms with Crippen LogP contribution in [0.2, 0.25) is 0 Å². The van der Waals surface area contributed by atoms with Gasteiger partial charge in [-0.15, -0.1) is 0 Å². The molecular formula is C54H35N3. The molecule has 0 aliphatic rings. The van der Waals surface area contributed by atoms with E-state index in [1.165, 1.54) is 82.2 Å². The summed E-state index contributed by atoms with van der Waals surface area (Å²) in [5.41, 5.74) is 15.4. The van der Waals surface area contributed by atoms with Gasteiger partial charge in [0, 0.05) is 55.1 Å². The lowest BCUT2D eigenvalue weighted by Gasteiger charge is -2.26. The van der Waals surface area contributed by atoms with Crippen LogP contribution in [0, 0.1) is 0 Å². The first-order chi connectivity index (χ1) is 28.3. The van der Waals surface area contributed by atoms with Crippen molar-refractivity contribution in [2.75, 3.05) is 4.90 Å². The van der Waals surface area contributed by atoms with Crippen LogP contribution in [0.1, 0.15) is 0 Å². The molecule has 0 radical (unpaired) electrons. The molecule has 266 valence electrons. The van der Waals surface area contributed by atoms with Crippen LogP contribution in [-0.4, -0.2) is 8.97 Å². The minimum Gasteiger partial charge on any atom is -0.310 e. The number of hydrogen-bond acceptors (Lipinski definition) is 1. The summed E-state index contributed by atoms with van der Waals surface area (Å²) in [6.07, 6.45) is 0. The second-order valence-corrected chi connectivity index (χ2v) is 15.0. The van der Waals surface area contributed by atoms with Crippen molar-refractivity contribution in [2.45, 2.75) is 0 Å². The Bertz CT molecular complexity index is 3430. The molecule has 0 bridgehead atoms. The van der Waals surface area contributed by atoms with Crippen LogP contribution in [0.25, 0.3) is 87.8 Å². The van der Waals surface area contributed by atoms with Crippen LogP contribution in [0.5, 0.6) is 0 Å². The molecule has 3 aromatic heterocycles. The number of hydrogen-bond donors (Lipinski definition) is 0. The highest BCUT2D eigenvalue weighted by Crippen LogP contribution is 2.43. The first-order valence-corrected chi connectivity index (χ1v) is 19.6. The number of para-hydroxylation sites is 4. The number of anilines is 3. The second-order valence-electron chi connectivity index (χ2n) is 15.0. The Balaban J connectivity index is 1.01. The Hall–Kier alpha value is -7.62. The van der Waals surface area contributed by atoms with Gasteiger partial charge in [-0.05, 0) is 89.0 Å². The summed E-state index contributed by atoms with van der Waals surface area (Å²) < 4.78 is 4.85. The Morgan fingerprint density at radius 3 is 1.46 bits per heavy atom. The molecule has 3 heterocycles. The van der Waals surface area contributed by atoms with Gasteiger partial charge in [0.15, 0.2) is 0 Å². The van der Waals surface area contributed by atoms with Crippen molar-refractivity contribution in [1.82, 2.24) is 8.97 Å². The van der Waals surface area contributed by atoms with Gasteiger partial charge in [0.05, 0.1) is 27.6 Å². The molecule has 0 aliphatic carbocycles. The smallest absolute Gasteiger partial charge is 0.0620 e. The fourth-order valence-corrected chi connectivity index (χ4v) is 9.25. The van der Waals surface area contributed by atoms with Crippen molar-refractivity contribution >= 4 is 77.0 Å². The zero-order valence-corrected chi connectivity index (χ0v) is 31.0. The molecule has 0 unspecified atom stereocenters. The van der Waals surface area contributed by atoms with Gasteiger partial charge in [0.25, 0.3) is 0 Å². The van der Waals surface area contributed by atoms with E-state index in [9.17, 15) is 0 Å². The summed E-state index contributed by atoms with van der Waals surface area (Å²) in [4.78, 5) is 2.38. The van der Waals surface area contributed by atoms with E-state index in [1.54, 1.807) is 0 Å². The number of rotatable bonds is 6. The van der Waals surface area contributed by atoms with Crippen molar-refractivity contribution in [1.29, 1.82) is 0 Å². The number of benzene rings is 9. The molecule has 0 N–H and O–H groups in total. The molecule has 0 fully saturated rings. The number of fused-ring (bicyclic) bond motifs is 9. The summed E-state index contributed by atoms with van der Waals surface area (Å²) in [7, 11) is 0. The third-order valence-corrected chi connectivity index (χ3v) is 11.8. The minimum atomic E-state index is 1.10. The highest BCUT2D eigenvalue weighted by molar-refractivity contribution is 6.23. The zero-order valence-electron chi connectivity index (χ0n) is 31.0. The van der Waals surface area contributed by atoms with Crippen LogP contribution in [0.15, 0.2) is 212 Å². The lowest BCUT2D eigenvalue weighted by molar-refractivity contribution is 1.18. The SMILES string of the molecule is c1ccc(-c2ccc(N(c3ccc(-c4ccc5c6cccc7c8ccccc8n(c5c4)c76)cc3)c3ccc4c5ccccc5n(-c5ccccc5)c4c3)cc2)cc1. The van der Waals surface area contributed by atoms with E-state index in [0.29, 0.717) is 0 Å². The van der Waals surface area contributed by atoms with Crippen molar-refractivity contribution in [3.63, 3.8) is 0 Å². The topological polar surface area (TPSA) is 12.6 Å². The Labute approximate surface area is 329 Å². The van der Waals surface area contributed by atoms with Crippen LogP contribution >= 0.6 is 0 Å². The maximum Gasteiger partial charge on any atom is 0.0620 e. The summed E-state index contributed by atoms with van der Waals surface area (Å²) in [5, 5.41) is 7.68. The fraction of sp³-hybridized carbons (Fsp3) is 0. The molecule has 0 atom stereocenters. The van der Waals surface area contributed by atoms with Crippen LogP contribution in [0.4, 0.5) is 17.1 Å². The first kappa shape index (κ1) is 31.7. The van der Waals surface area contributed by atoms with Crippen molar-refractivity contribution in [3.8, 4) is 27.9 Å². The largest absolute Gasteiger partial charge is 0.310 e. The van der Waals surface area contributed by atoms with Crippen molar-refractivity contribution < 1.29 is 0 Å². The van der Waals surface area contributed by atoms with E-state index >= 15 is 0 Å². The lowest BCUT2D eigenvalue weighted by atomic mass is 10.0. The summed E-state index contributed by atoms with van der Waals surface area (Å²) in [6.45, 7) is 0. The molecule has 3 nitrogen and oxygen atoms in total. The second kappa shape index (κ2) is 12.5. The van der Waals surface area contributed by atoms with Gasteiger partial charge in [0.1, 0.15) is 0 Å². The van der Waals surface area contributed by atoms with Crippen LogP contribution < -0.4 is 4.90 Å². The molecule has 57 heavy (non-hydrogen) atoms. The summed E-state index contributed by atoms with van der Waals surface area (Å²) >= 11 is 0. The average molecular weight is 726 g/mol. The standard InChI is InChI=1S/C54H35N3/c1-3-12-36(13-4-1)37-22-27-41(28-23-37)55(43-31-33-46-44-16-7-9-20-50(44)56(53(46)35-43)40-14-5-2-6-15-40)42-29-24-38(25-30-42)39-26-32-47-49-19-11-18-48-45-17-8-10-21-51(45)57(54(48)49)52(47)34-39/h1-35H. The zero-order chi connectivity index (χ0) is 37.5. The van der Waals surface area contributed by atoms with Crippen LogP contribution in [-0.2, 0) is 0 Å². The minimum absolute atomic E-state index is 1.10. The maximum atomic E-state index is 2.46. The third kappa shape index (κ3) is 4.86. The van der Waals surface area contributed by atoms with Crippen molar-refractivity contribution in [2.24, 2.45) is 0 Å². The van der Waals surface area contributed by atoms with Gasteiger partial charge in [-0.3, -0.25) is 0 Å². The average Bonchev–Trinajstić information content (AvgIpc) is 3.92. The Morgan fingerprint density at radius 1 is 0.281 bits per heavy atom. The Kier molecular flexibility index (Phi) is 6.93. The van der Waals surface area contributed by atoms with Gasteiger partial charge in [0.2, 0.25) is 0 Å². The van der Waals surface area contributed by atoms with E-state index in [1.807, 2.05) is 0 Å². The molecule has 3 heteroatoms. The normalized spacial score (nSPS) is 11.9. The highest BCUT2D eigenvalue weighted by Gasteiger charge is 2.20. The number of aromatic nitrogens is 2. The van der Waals surface area contributed by atoms with E-state index in [2.05, 4.69) is 226 Å². The quantitative estimate of drug-likeness (QED) is 0.166. The highest BCUT2D eigenvalue weighted by atomic mass is 15.1. The molecule has 0 aliphatic heterocycles. The monoisotopic (exact) mass is 725 g/mol. The number of nitrogens with zero attached hydrogens (tertiary/aromatic N) is 3. The molecule has 12 aromatic rings. The van der Waals surface area contributed by atoms with E-state index in [4.69, 9.17) is 0 Å². The summed E-state index contributed by atoms with van der Waals surface area (Å²) in [6, 6.07) is 77.3. The molecule has 0 saturated heterocycles. The molecule has 0 spiro atoms. The van der Waals surface area contributed by atoms with Gasteiger partial charge in [-0.25, -0.2) is 0 Å². The predicted molar refractivity (Wildman–Crippen MR) is 241 cm³/mol. The lowest BCUT2D eigenvalue weighted by Crippen LogP contribution is -2.10. The van der Waals surface area contributed by atoms with Crippen molar-refractivity contribution in [3.05, 3.63) is 212 Å². The molecule has 12 rings (SSSR count). The van der Waals surface area contributed by atoms with E-state index in [0.717, 1.165) is 22.7 Å².